The standard InChI is InChI=1S/3C2HF3O2.Al/c3*3-2(4,5)1(6)7;/h3*(H,6,7);. The second-order valence-corrected chi connectivity index (χ2v) is 2.41. The summed E-state index contributed by atoms with van der Waals surface area (Å²) in [6.07, 6.45) is -15.3. The van der Waals surface area contributed by atoms with E-state index in [1.165, 1.54) is 0 Å². The van der Waals surface area contributed by atoms with Crippen LogP contribution < -0.4 is 0 Å². The van der Waals surface area contributed by atoms with Crippen LogP contribution >= 0.6 is 0 Å². The monoisotopic (exact) mass is 369 g/mol. The molecule has 16 heteroatoms. The predicted molar refractivity (Wildman–Crippen MR) is 46.8 cm³/mol. The van der Waals surface area contributed by atoms with Gasteiger partial charge in [0.25, 0.3) is 0 Å². The van der Waals surface area contributed by atoms with Crippen LogP contribution in [-0.4, -0.2) is 69.1 Å². The lowest BCUT2D eigenvalue weighted by Crippen LogP contribution is -2.21. The first-order chi connectivity index (χ1) is 8.83. The van der Waals surface area contributed by atoms with E-state index in [9.17, 15) is 39.5 Å². The third-order valence-corrected chi connectivity index (χ3v) is 0.728. The molecule has 0 aromatic carbocycles. The lowest BCUT2D eigenvalue weighted by atomic mass is 10.7. The molecule has 0 atom stereocenters. The average molecular weight is 369 g/mol. The largest absolute Gasteiger partial charge is 0.490 e. The molecule has 3 radical (unpaired) electrons. The number of halogens is 9. The van der Waals surface area contributed by atoms with Gasteiger partial charge in [-0.15, -0.1) is 0 Å². The number of alkyl halides is 9. The Morgan fingerprint density at radius 1 is 0.500 bits per heavy atom. The van der Waals surface area contributed by atoms with Crippen molar-refractivity contribution in [1.29, 1.82) is 0 Å². The Bertz CT molecular complexity index is 313. The van der Waals surface area contributed by atoms with Crippen molar-refractivity contribution < 1.29 is 69.2 Å². The van der Waals surface area contributed by atoms with Crippen LogP contribution in [0.4, 0.5) is 39.5 Å². The molecule has 0 bridgehead atoms. The van der Waals surface area contributed by atoms with Gasteiger partial charge in [0.1, 0.15) is 0 Å². The predicted octanol–water partition coefficient (Wildman–Crippen LogP) is 1.52. The Hall–Kier alpha value is -1.69. The maximum atomic E-state index is 10.6. The van der Waals surface area contributed by atoms with Crippen molar-refractivity contribution in [2.45, 2.75) is 18.5 Å². The average Bonchev–Trinajstić information content (AvgIpc) is 2.14. The molecule has 0 heterocycles. The third-order valence-electron chi connectivity index (χ3n) is 0.728. The van der Waals surface area contributed by atoms with Gasteiger partial charge < -0.3 is 15.3 Å². The minimum atomic E-state index is -5.08. The van der Waals surface area contributed by atoms with Gasteiger partial charge in [-0.1, -0.05) is 0 Å². The molecule has 0 spiro atoms. The second kappa shape index (κ2) is 10.1. The molecule has 0 saturated heterocycles. The maximum Gasteiger partial charge on any atom is 0.490 e. The highest BCUT2D eigenvalue weighted by molar-refractivity contribution is 5.75. The zero-order valence-corrected chi connectivity index (χ0v) is 10.7. The number of rotatable bonds is 0. The number of carbonyl (C=O) groups is 3. The van der Waals surface area contributed by atoms with E-state index in [0.717, 1.165) is 0 Å². The Labute approximate surface area is 124 Å². The smallest absolute Gasteiger partial charge is 0.475 e. The molecule has 0 amide bonds. The van der Waals surface area contributed by atoms with Crippen LogP contribution in [-0.2, 0) is 14.4 Å². The highest BCUT2D eigenvalue weighted by atomic mass is 27.0. The summed E-state index contributed by atoms with van der Waals surface area (Å²) in [7, 11) is 0. The normalized spacial score (nSPS) is 10.8. The maximum absolute atomic E-state index is 10.6. The van der Waals surface area contributed by atoms with E-state index in [-0.39, 0.29) is 17.4 Å². The topological polar surface area (TPSA) is 112 Å². The van der Waals surface area contributed by atoms with Gasteiger partial charge in [0.2, 0.25) is 0 Å². The molecule has 3 N–H and O–H groups in total. The summed E-state index contributed by atoms with van der Waals surface area (Å²) in [6, 6.07) is 0. The molecular weight excluding hydrogens is 366 g/mol. The minimum absolute atomic E-state index is 0. The first-order valence-electron chi connectivity index (χ1n) is 3.73. The lowest BCUT2D eigenvalue weighted by Gasteiger charge is -1.93. The first kappa shape index (κ1) is 28.5. The van der Waals surface area contributed by atoms with E-state index in [1.54, 1.807) is 0 Å². The zero-order chi connectivity index (χ0) is 18.2. The lowest BCUT2D eigenvalue weighted by molar-refractivity contribution is -0.193. The Morgan fingerprint density at radius 2 is 0.545 bits per heavy atom. The van der Waals surface area contributed by atoms with E-state index in [1.807, 2.05) is 0 Å². The van der Waals surface area contributed by atoms with Gasteiger partial charge in [-0.25, -0.2) is 14.4 Å². The SMILES string of the molecule is O=C(O)C(F)(F)F.O=C(O)C(F)(F)F.O=C(O)C(F)(F)F.[Al]. The molecular formula is C6H3AlF9O6. The van der Waals surface area contributed by atoms with Crippen LogP contribution in [0.1, 0.15) is 0 Å². The highest BCUT2D eigenvalue weighted by Crippen LogP contribution is 2.14. The third kappa shape index (κ3) is 20.6. The van der Waals surface area contributed by atoms with Gasteiger partial charge in [-0.3, -0.25) is 0 Å². The highest BCUT2D eigenvalue weighted by Gasteiger charge is 2.39. The molecule has 129 valence electrons. The molecule has 0 rings (SSSR count). The second-order valence-electron chi connectivity index (χ2n) is 2.41. The summed E-state index contributed by atoms with van der Waals surface area (Å²) in [5.74, 6) is -8.27. The fourth-order valence-electron chi connectivity index (χ4n) is 0. The van der Waals surface area contributed by atoms with Crippen molar-refractivity contribution >= 4 is 35.3 Å². The molecule has 0 aromatic rings. The van der Waals surface area contributed by atoms with Gasteiger partial charge in [-0.2, -0.15) is 39.5 Å². The number of aliphatic carboxylic acids is 3. The zero-order valence-electron chi connectivity index (χ0n) is 9.55. The van der Waals surface area contributed by atoms with Crippen LogP contribution in [0, 0.1) is 0 Å². The van der Waals surface area contributed by atoms with Crippen molar-refractivity contribution in [3.8, 4) is 0 Å². The van der Waals surface area contributed by atoms with Crippen molar-refractivity contribution in [1.82, 2.24) is 0 Å². The number of hydrogen-bond acceptors (Lipinski definition) is 3. The van der Waals surface area contributed by atoms with Crippen LogP contribution in [0.15, 0.2) is 0 Å². The van der Waals surface area contributed by atoms with E-state index in [4.69, 9.17) is 29.7 Å². The molecule has 0 fully saturated rings. The van der Waals surface area contributed by atoms with E-state index < -0.39 is 36.4 Å². The van der Waals surface area contributed by atoms with Gasteiger partial charge in [0, 0.05) is 17.4 Å². The van der Waals surface area contributed by atoms with Crippen molar-refractivity contribution in [2.24, 2.45) is 0 Å². The Balaban J connectivity index is -0.000000108. The number of hydrogen-bond donors (Lipinski definition) is 3. The van der Waals surface area contributed by atoms with Gasteiger partial charge in [0.05, 0.1) is 0 Å². The molecule has 0 saturated carbocycles. The molecule has 0 aromatic heterocycles. The van der Waals surface area contributed by atoms with Gasteiger partial charge >= 0.3 is 36.4 Å². The molecule has 6 nitrogen and oxygen atoms in total. The van der Waals surface area contributed by atoms with E-state index in [2.05, 4.69) is 0 Å². The Morgan fingerprint density at radius 3 is 0.545 bits per heavy atom. The Kier molecular flexibility index (Phi) is 13.1. The fourth-order valence-corrected chi connectivity index (χ4v) is 0. The number of carboxylic acids is 3. The van der Waals surface area contributed by atoms with E-state index >= 15 is 0 Å². The molecule has 0 aliphatic rings. The summed E-state index contributed by atoms with van der Waals surface area (Å²) < 4.78 is 95.2. The molecule has 0 aliphatic carbocycles. The van der Waals surface area contributed by atoms with E-state index in [0.29, 0.717) is 0 Å². The summed E-state index contributed by atoms with van der Waals surface area (Å²) in [4.78, 5) is 26.7. The van der Waals surface area contributed by atoms with Crippen LogP contribution in [0.2, 0.25) is 0 Å². The quantitative estimate of drug-likeness (QED) is 0.441. The number of carboxylic acid groups (broad SMARTS) is 3. The van der Waals surface area contributed by atoms with Crippen molar-refractivity contribution in [2.75, 3.05) is 0 Å². The summed E-state index contributed by atoms with van der Waals surface area (Å²) in [5.41, 5.74) is 0. The van der Waals surface area contributed by atoms with Crippen LogP contribution in [0.3, 0.4) is 0 Å². The molecule has 0 unspecified atom stereocenters. The van der Waals surface area contributed by atoms with Crippen LogP contribution in [0.25, 0.3) is 0 Å². The molecule has 22 heavy (non-hydrogen) atoms. The van der Waals surface area contributed by atoms with Crippen molar-refractivity contribution in [3.63, 3.8) is 0 Å². The summed E-state index contributed by atoms with van der Waals surface area (Å²) >= 11 is 0. The first-order valence-corrected chi connectivity index (χ1v) is 3.73. The summed E-state index contributed by atoms with van der Waals surface area (Å²) in [6.45, 7) is 0. The van der Waals surface area contributed by atoms with Gasteiger partial charge in [0.15, 0.2) is 0 Å². The fraction of sp³-hybridized carbons (Fsp3) is 0.500. The summed E-state index contributed by atoms with van der Waals surface area (Å²) in [5, 5.41) is 21.4. The van der Waals surface area contributed by atoms with Gasteiger partial charge in [-0.05, 0) is 0 Å². The van der Waals surface area contributed by atoms with Crippen molar-refractivity contribution in [3.05, 3.63) is 0 Å². The molecule has 0 aliphatic heterocycles. The van der Waals surface area contributed by atoms with Crippen LogP contribution in [0.5, 0.6) is 0 Å². The minimum Gasteiger partial charge on any atom is -0.475 e.